The van der Waals surface area contributed by atoms with Crippen LogP contribution in [-0.4, -0.2) is 35.8 Å². The maximum Gasteiger partial charge on any atom is 0.251 e. The summed E-state index contributed by atoms with van der Waals surface area (Å²) in [6, 6.07) is 20.5. The van der Waals surface area contributed by atoms with E-state index in [0.29, 0.717) is 11.3 Å². The Balaban J connectivity index is 1.38. The van der Waals surface area contributed by atoms with Crippen LogP contribution in [0.15, 0.2) is 79.1 Å². The maximum absolute atomic E-state index is 12.2. The number of hydrogen-bond donors (Lipinski definition) is 3. The predicted molar refractivity (Wildman–Crippen MR) is 115 cm³/mol. The number of rotatable bonds is 8. The van der Waals surface area contributed by atoms with Gasteiger partial charge in [-0.1, -0.05) is 42.5 Å². The summed E-state index contributed by atoms with van der Waals surface area (Å²) in [4.78, 5) is 39.8. The average molecular weight is 402 g/mol. The van der Waals surface area contributed by atoms with E-state index in [1.54, 1.807) is 36.7 Å². The van der Waals surface area contributed by atoms with E-state index in [4.69, 9.17) is 0 Å². The summed E-state index contributed by atoms with van der Waals surface area (Å²) in [5, 5.41) is 7.86. The molecule has 152 valence electrons. The molecule has 0 saturated carbocycles. The standard InChI is InChI=1S/C23H22N4O3/c28-21(27-20-7-4-13-24-15-20)12-14-25-22(29)16-26-23(30)19-10-8-18(9-11-19)17-5-2-1-3-6-17/h1-11,13,15H,12,14,16H2,(H,25,29)(H,26,30)(H,27,28). The Hall–Kier alpha value is -4.00. The summed E-state index contributed by atoms with van der Waals surface area (Å²) in [7, 11) is 0. The second-order valence-electron chi connectivity index (χ2n) is 6.52. The van der Waals surface area contributed by atoms with Crippen LogP contribution in [0.2, 0.25) is 0 Å². The van der Waals surface area contributed by atoms with Crippen molar-refractivity contribution in [1.82, 2.24) is 15.6 Å². The van der Waals surface area contributed by atoms with Crippen molar-refractivity contribution >= 4 is 23.4 Å². The zero-order chi connectivity index (χ0) is 21.2. The van der Waals surface area contributed by atoms with Crippen molar-refractivity contribution < 1.29 is 14.4 Å². The van der Waals surface area contributed by atoms with E-state index in [2.05, 4.69) is 20.9 Å². The maximum atomic E-state index is 12.2. The highest BCUT2D eigenvalue weighted by molar-refractivity contribution is 5.97. The SMILES string of the molecule is O=C(CNC(=O)c1ccc(-c2ccccc2)cc1)NCCC(=O)Nc1cccnc1. The number of hydrogen-bond acceptors (Lipinski definition) is 4. The van der Waals surface area contributed by atoms with Crippen LogP contribution in [0.3, 0.4) is 0 Å². The molecule has 0 aliphatic heterocycles. The van der Waals surface area contributed by atoms with E-state index < -0.39 is 0 Å². The second kappa shape index (κ2) is 10.5. The number of nitrogens with zero attached hydrogens (tertiary/aromatic N) is 1. The molecular formula is C23H22N4O3. The van der Waals surface area contributed by atoms with Crippen LogP contribution in [0.1, 0.15) is 16.8 Å². The number of pyridine rings is 1. The first-order valence-corrected chi connectivity index (χ1v) is 9.52. The van der Waals surface area contributed by atoms with Gasteiger partial charge < -0.3 is 16.0 Å². The van der Waals surface area contributed by atoms with E-state index in [-0.39, 0.29) is 37.2 Å². The molecule has 3 aromatic rings. The van der Waals surface area contributed by atoms with E-state index in [0.717, 1.165) is 11.1 Å². The Labute approximate surface area is 174 Å². The molecule has 0 saturated heterocycles. The quantitative estimate of drug-likeness (QED) is 0.539. The third-order valence-corrected chi connectivity index (χ3v) is 4.28. The highest BCUT2D eigenvalue weighted by Gasteiger charge is 2.09. The van der Waals surface area contributed by atoms with Crippen molar-refractivity contribution in [3.8, 4) is 11.1 Å². The lowest BCUT2D eigenvalue weighted by Crippen LogP contribution is -2.38. The Bertz CT molecular complexity index is 990. The van der Waals surface area contributed by atoms with E-state index in [9.17, 15) is 14.4 Å². The molecule has 30 heavy (non-hydrogen) atoms. The first-order chi connectivity index (χ1) is 14.6. The van der Waals surface area contributed by atoms with Crippen molar-refractivity contribution in [3.05, 3.63) is 84.7 Å². The summed E-state index contributed by atoms with van der Waals surface area (Å²) < 4.78 is 0. The minimum atomic E-state index is -0.363. The van der Waals surface area contributed by atoms with Crippen molar-refractivity contribution in [2.45, 2.75) is 6.42 Å². The summed E-state index contributed by atoms with van der Waals surface area (Å²) in [5.41, 5.74) is 3.14. The highest BCUT2D eigenvalue weighted by atomic mass is 16.2. The van der Waals surface area contributed by atoms with Crippen molar-refractivity contribution in [2.24, 2.45) is 0 Å². The van der Waals surface area contributed by atoms with Gasteiger partial charge in [0.25, 0.3) is 5.91 Å². The first-order valence-electron chi connectivity index (χ1n) is 9.52. The van der Waals surface area contributed by atoms with Crippen LogP contribution >= 0.6 is 0 Å². The molecule has 7 heteroatoms. The Kier molecular flexibility index (Phi) is 7.27. The molecule has 2 aromatic carbocycles. The van der Waals surface area contributed by atoms with Crippen LogP contribution in [-0.2, 0) is 9.59 Å². The summed E-state index contributed by atoms with van der Waals surface area (Å²) >= 11 is 0. The fraction of sp³-hybridized carbons (Fsp3) is 0.130. The normalized spacial score (nSPS) is 10.1. The van der Waals surface area contributed by atoms with Gasteiger partial charge in [0.2, 0.25) is 11.8 Å². The molecule has 0 radical (unpaired) electrons. The fourth-order valence-electron chi connectivity index (χ4n) is 2.75. The molecule has 0 spiro atoms. The number of anilines is 1. The molecule has 1 aromatic heterocycles. The van der Waals surface area contributed by atoms with Crippen LogP contribution in [0.5, 0.6) is 0 Å². The van der Waals surface area contributed by atoms with Crippen LogP contribution in [0.25, 0.3) is 11.1 Å². The van der Waals surface area contributed by atoms with Crippen molar-refractivity contribution in [1.29, 1.82) is 0 Å². The molecule has 0 bridgehead atoms. The largest absolute Gasteiger partial charge is 0.354 e. The van der Waals surface area contributed by atoms with Gasteiger partial charge in [-0.15, -0.1) is 0 Å². The number of carbonyl (C=O) groups excluding carboxylic acids is 3. The monoisotopic (exact) mass is 402 g/mol. The number of amides is 3. The number of nitrogens with one attached hydrogen (secondary N) is 3. The Morgan fingerprint density at radius 1 is 0.767 bits per heavy atom. The zero-order valence-corrected chi connectivity index (χ0v) is 16.3. The molecule has 0 atom stereocenters. The van der Waals surface area contributed by atoms with Gasteiger partial charge in [-0.25, -0.2) is 0 Å². The average Bonchev–Trinajstić information content (AvgIpc) is 2.79. The Morgan fingerprint density at radius 2 is 1.50 bits per heavy atom. The smallest absolute Gasteiger partial charge is 0.251 e. The predicted octanol–water partition coefficient (Wildman–Crippen LogP) is 2.62. The van der Waals surface area contributed by atoms with E-state index in [1.807, 2.05) is 42.5 Å². The minimum absolute atomic E-state index is 0.121. The Morgan fingerprint density at radius 3 is 2.20 bits per heavy atom. The van der Waals surface area contributed by atoms with Gasteiger partial charge >= 0.3 is 0 Å². The van der Waals surface area contributed by atoms with Gasteiger partial charge in [0.1, 0.15) is 0 Å². The lowest BCUT2D eigenvalue weighted by Gasteiger charge is -2.08. The minimum Gasteiger partial charge on any atom is -0.354 e. The van der Waals surface area contributed by atoms with Crippen LogP contribution in [0, 0.1) is 0 Å². The molecule has 0 unspecified atom stereocenters. The molecule has 0 aliphatic rings. The zero-order valence-electron chi connectivity index (χ0n) is 16.3. The molecule has 0 aliphatic carbocycles. The summed E-state index contributed by atoms with van der Waals surface area (Å²) in [6.45, 7) is 0.00999. The number of aromatic nitrogens is 1. The van der Waals surface area contributed by atoms with Gasteiger partial charge in [0, 0.05) is 24.7 Å². The summed E-state index contributed by atoms with van der Waals surface area (Å²) in [6.07, 6.45) is 3.27. The van der Waals surface area contributed by atoms with Gasteiger partial charge in [0.15, 0.2) is 0 Å². The topological polar surface area (TPSA) is 100 Å². The summed E-state index contributed by atoms with van der Waals surface area (Å²) in [5.74, 6) is -0.927. The molecule has 0 fully saturated rings. The van der Waals surface area contributed by atoms with E-state index >= 15 is 0 Å². The molecule has 3 amide bonds. The lowest BCUT2D eigenvalue weighted by molar-refractivity contribution is -0.120. The van der Waals surface area contributed by atoms with Gasteiger partial charge in [-0.2, -0.15) is 0 Å². The van der Waals surface area contributed by atoms with E-state index in [1.165, 1.54) is 0 Å². The van der Waals surface area contributed by atoms with Crippen molar-refractivity contribution in [2.75, 3.05) is 18.4 Å². The molecule has 1 heterocycles. The third-order valence-electron chi connectivity index (χ3n) is 4.28. The molecular weight excluding hydrogens is 380 g/mol. The number of benzene rings is 2. The number of carbonyl (C=O) groups is 3. The van der Waals surface area contributed by atoms with Gasteiger partial charge in [-0.05, 0) is 35.4 Å². The second-order valence-corrected chi connectivity index (χ2v) is 6.52. The third kappa shape index (κ3) is 6.27. The molecule has 3 N–H and O–H groups in total. The first kappa shape index (κ1) is 20.7. The molecule has 7 nitrogen and oxygen atoms in total. The van der Waals surface area contributed by atoms with Crippen molar-refractivity contribution in [3.63, 3.8) is 0 Å². The lowest BCUT2D eigenvalue weighted by atomic mass is 10.0. The van der Waals surface area contributed by atoms with Gasteiger partial charge in [0.05, 0.1) is 18.4 Å². The molecule has 3 rings (SSSR count). The van der Waals surface area contributed by atoms with Crippen LogP contribution < -0.4 is 16.0 Å². The van der Waals surface area contributed by atoms with Crippen LogP contribution in [0.4, 0.5) is 5.69 Å². The fourth-order valence-corrected chi connectivity index (χ4v) is 2.75. The highest BCUT2D eigenvalue weighted by Crippen LogP contribution is 2.19. The van der Waals surface area contributed by atoms with Gasteiger partial charge in [-0.3, -0.25) is 19.4 Å².